The predicted octanol–water partition coefficient (Wildman–Crippen LogP) is 3.33. The maximum Gasteiger partial charge on any atom is 0.222 e. The molecular formula is C16H16N4O. The summed E-state index contributed by atoms with van der Waals surface area (Å²) in [7, 11) is 0. The normalized spacial score (nSPS) is 10.6. The molecule has 5 nitrogen and oxygen atoms in total. The van der Waals surface area contributed by atoms with Crippen molar-refractivity contribution in [2.75, 3.05) is 0 Å². The zero-order valence-electron chi connectivity index (χ0n) is 12.0. The summed E-state index contributed by atoms with van der Waals surface area (Å²) in [6.07, 6.45) is 4.44. The molecule has 106 valence electrons. The highest BCUT2D eigenvalue weighted by molar-refractivity contribution is 5.38. The van der Waals surface area contributed by atoms with E-state index in [1.807, 2.05) is 56.4 Å². The Morgan fingerprint density at radius 3 is 2.62 bits per heavy atom. The van der Waals surface area contributed by atoms with Crippen molar-refractivity contribution >= 4 is 0 Å². The Morgan fingerprint density at radius 2 is 1.95 bits per heavy atom. The van der Waals surface area contributed by atoms with Crippen LogP contribution in [0, 0.1) is 6.92 Å². The van der Waals surface area contributed by atoms with Gasteiger partial charge in [-0.25, -0.2) is 9.67 Å². The fourth-order valence-corrected chi connectivity index (χ4v) is 2.02. The Morgan fingerprint density at radius 1 is 1.14 bits per heavy atom. The van der Waals surface area contributed by atoms with Crippen LogP contribution in [0.2, 0.25) is 0 Å². The van der Waals surface area contributed by atoms with Crippen LogP contribution in [0.25, 0.3) is 5.69 Å². The first-order chi connectivity index (χ1) is 10.2. The molecule has 0 aliphatic rings. The second-order valence-electron chi connectivity index (χ2n) is 4.66. The molecule has 2 heterocycles. The molecule has 1 aromatic carbocycles. The lowest BCUT2D eigenvalue weighted by Crippen LogP contribution is -1.98. The van der Waals surface area contributed by atoms with E-state index in [9.17, 15) is 0 Å². The van der Waals surface area contributed by atoms with Gasteiger partial charge in [0.05, 0.1) is 5.69 Å². The van der Waals surface area contributed by atoms with Crippen molar-refractivity contribution in [3.05, 3.63) is 60.3 Å². The van der Waals surface area contributed by atoms with Crippen LogP contribution < -0.4 is 4.74 Å². The van der Waals surface area contributed by atoms with Crippen LogP contribution >= 0.6 is 0 Å². The molecule has 5 heteroatoms. The van der Waals surface area contributed by atoms with E-state index in [1.54, 1.807) is 10.9 Å². The highest BCUT2D eigenvalue weighted by Crippen LogP contribution is 2.21. The second-order valence-corrected chi connectivity index (χ2v) is 4.66. The molecule has 2 aromatic heterocycles. The van der Waals surface area contributed by atoms with Crippen LogP contribution in [0.1, 0.15) is 18.4 Å². The third-order valence-corrected chi connectivity index (χ3v) is 3.02. The number of ether oxygens (including phenoxy) is 1. The number of benzene rings is 1. The summed E-state index contributed by atoms with van der Waals surface area (Å²) in [4.78, 5) is 8.71. The van der Waals surface area contributed by atoms with Crippen LogP contribution in [0.15, 0.2) is 48.8 Å². The molecule has 21 heavy (non-hydrogen) atoms. The number of nitrogens with zero attached hydrogens (tertiary/aromatic N) is 4. The second kappa shape index (κ2) is 5.75. The Bertz CT molecular complexity index is 721. The van der Waals surface area contributed by atoms with E-state index in [2.05, 4.69) is 15.1 Å². The lowest BCUT2D eigenvalue weighted by Gasteiger charge is -2.08. The monoisotopic (exact) mass is 280 g/mol. The van der Waals surface area contributed by atoms with Gasteiger partial charge in [0.15, 0.2) is 0 Å². The summed E-state index contributed by atoms with van der Waals surface area (Å²) < 4.78 is 7.59. The molecule has 3 aromatic rings. The highest BCUT2D eigenvalue weighted by Gasteiger charge is 2.04. The average molecular weight is 280 g/mol. The maximum absolute atomic E-state index is 5.79. The average Bonchev–Trinajstić information content (AvgIpc) is 3.01. The van der Waals surface area contributed by atoms with Crippen molar-refractivity contribution in [2.45, 2.75) is 20.3 Å². The highest BCUT2D eigenvalue weighted by atomic mass is 16.5. The topological polar surface area (TPSA) is 52.8 Å². The van der Waals surface area contributed by atoms with Crippen molar-refractivity contribution < 1.29 is 4.74 Å². The van der Waals surface area contributed by atoms with Crippen LogP contribution in [0.5, 0.6) is 11.6 Å². The van der Waals surface area contributed by atoms with E-state index in [4.69, 9.17) is 4.74 Å². The lowest BCUT2D eigenvalue weighted by atomic mass is 10.3. The molecule has 0 saturated heterocycles. The fourth-order valence-electron chi connectivity index (χ4n) is 2.02. The Labute approximate surface area is 123 Å². The molecule has 0 aliphatic heterocycles. The molecule has 0 bridgehead atoms. The van der Waals surface area contributed by atoms with Crippen molar-refractivity contribution in [2.24, 2.45) is 0 Å². The van der Waals surface area contributed by atoms with E-state index >= 15 is 0 Å². The first-order valence-electron chi connectivity index (χ1n) is 6.87. The van der Waals surface area contributed by atoms with Gasteiger partial charge in [-0.1, -0.05) is 6.92 Å². The molecule has 3 rings (SSSR count). The number of aromatic nitrogens is 4. The smallest absolute Gasteiger partial charge is 0.222 e. The third-order valence-electron chi connectivity index (χ3n) is 3.02. The zero-order valence-corrected chi connectivity index (χ0v) is 12.0. The molecule has 0 fully saturated rings. The largest absolute Gasteiger partial charge is 0.439 e. The minimum absolute atomic E-state index is 0.575. The number of aryl methyl sites for hydroxylation is 2. The Hall–Kier alpha value is -2.69. The molecule has 0 atom stereocenters. The van der Waals surface area contributed by atoms with Gasteiger partial charge in [0.1, 0.15) is 11.6 Å². The molecule has 0 unspecified atom stereocenters. The third kappa shape index (κ3) is 3.08. The van der Waals surface area contributed by atoms with E-state index < -0.39 is 0 Å². The summed E-state index contributed by atoms with van der Waals surface area (Å²) in [5.41, 5.74) is 1.89. The van der Waals surface area contributed by atoms with Crippen LogP contribution in [-0.4, -0.2) is 19.7 Å². The number of hydrogen-bond acceptors (Lipinski definition) is 4. The van der Waals surface area contributed by atoms with Gasteiger partial charge in [-0.2, -0.15) is 10.1 Å². The van der Waals surface area contributed by atoms with E-state index in [1.165, 1.54) is 0 Å². The summed E-state index contributed by atoms with van der Waals surface area (Å²) >= 11 is 0. The lowest BCUT2D eigenvalue weighted by molar-refractivity contribution is 0.458. The van der Waals surface area contributed by atoms with Crippen LogP contribution in [-0.2, 0) is 6.42 Å². The van der Waals surface area contributed by atoms with Gasteiger partial charge in [-0.15, -0.1) is 0 Å². The maximum atomic E-state index is 5.79. The van der Waals surface area contributed by atoms with E-state index in [-0.39, 0.29) is 0 Å². The molecule has 0 spiro atoms. The number of rotatable bonds is 4. The minimum atomic E-state index is 0.575. The predicted molar refractivity (Wildman–Crippen MR) is 79.8 cm³/mol. The molecule has 0 amide bonds. The van der Waals surface area contributed by atoms with Gasteiger partial charge < -0.3 is 4.74 Å². The summed E-state index contributed by atoms with van der Waals surface area (Å²) in [6.45, 7) is 3.96. The first-order valence-corrected chi connectivity index (χ1v) is 6.87. The minimum Gasteiger partial charge on any atom is -0.439 e. The van der Waals surface area contributed by atoms with Crippen LogP contribution in [0.3, 0.4) is 0 Å². The van der Waals surface area contributed by atoms with Crippen molar-refractivity contribution in [1.82, 2.24) is 19.7 Å². The van der Waals surface area contributed by atoms with Gasteiger partial charge in [0.2, 0.25) is 5.88 Å². The van der Waals surface area contributed by atoms with Gasteiger partial charge in [-0.05, 0) is 37.3 Å². The van der Waals surface area contributed by atoms with Gasteiger partial charge >= 0.3 is 0 Å². The molecule has 0 radical (unpaired) electrons. The van der Waals surface area contributed by atoms with Crippen molar-refractivity contribution in [1.29, 1.82) is 0 Å². The SMILES string of the molecule is CCc1nc(C)cc(Oc2ccc(-n3cccn3)cc2)n1. The van der Waals surface area contributed by atoms with E-state index in [0.29, 0.717) is 5.88 Å². The molecule has 0 N–H and O–H groups in total. The summed E-state index contributed by atoms with van der Waals surface area (Å²) in [5.74, 6) is 2.11. The van der Waals surface area contributed by atoms with Crippen molar-refractivity contribution in [3.63, 3.8) is 0 Å². The molecule has 0 saturated carbocycles. The van der Waals surface area contributed by atoms with Gasteiger partial charge in [0.25, 0.3) is 0 Å². The zero-order chi connectivity index (χ0) is 14.7. The standard InChI is InChI=1S/C16H16N4O/c1-3-15-18-12(2)11-16(19-15)21-14-7-5-13(6-8-14)20-10-4-9-17-20/h4-11H,3H2,1-2H3. The van der Waals surface area contributed by atoms with Gasteiger partial charge in [0, 0.05) is 30.6 Å². The quantitative estimate of drug-likeness (QED) is 0.735. The Kier molecular flexibility index (Phi) is 3.64. The van der Waals surface area contributed by atoms with E-state index in [0.717, 1.165) is 29.4 Å². The van der Waals surface area contributed by atoms with Crippen molar-refractivity contribution in [3.8, 4) is 17.3 Å². The first kappa shape index (κ1) is 13.3. The fraction of sp³-hybridized carbons (Fsp3) is 0.188. The molecule has 0 aliphatic carbocycles. The number of hydrogen-bond donors (Lipinski definition) is 0. The summed E-state index contributed by atoms with van der Waals surface area (Å²) in [5, 5.41) is 4.19. The van der Waals surface area contributed by atoms with Crippen LogP contribution in [0.4, 0.5) is 0 Å². The Balaban J connectivity index is 1.80. The summed E-state index contributed by atoms with van der Waals surface area (Å²) in [6, 6.07) is 11.4. The molecular weight excluding hydrogens is 264 g/mol. The van der Waals surface area contributed by atoms with Gasteiger partial charge in [-0.3, -0.25) is 0 Å².